The molecule has 0 fully saturated rings. The van der Waals surface area contributed by atoms with Gasteiger partial charge in [0, 0.05) is 5.92 Å². The Balaban J connectivity index is 2.76. The Kier molecular flexibility index (Phi) is 3.57. The highest BCUT2D eigenvalue weighted by Crippen LogP contribution is 2.13. The largest absolute Gasteiger partial charge is 0.507 e. The molecule has 0 heterocycles. The van der Waals surface area contributed by atoms with Crippen molar-refractivity contribution in [2.24, 2.45) is 0 Å². The molecular weight excluding hydrogens is 204 g/mol. The molecule has 0 aliphatic heterocycles. The van der Waals surface area contributed by atoms with Crippen molar-refractivity contribution in [3.8, 4) is 17.6 Å². The molecule has 1 rings (SSSR count). The zero-order valence-corrected chi connectivity index (χ0v) is 9.57. The quantitative estimate of drug-likeness (QED) is 0.535. The van der Waals surface area contributed by atoms with Gasteiger partial charge in [0.25, 0.3) is 0 Å². The third-order valence-corrected chi connectivity index (χ3v) is 1.60. The van der Waals surface area contributed by atoms with Crippen LogP contribution in [0.1, 0.15) is 26.3 Å². The van der Waals surface area contributed by atoms with Crippen LogP contribution in [0.25, 0.3) is 0 Å². The first-order valence-electron chi connectivity index (χ1n) is 4.91. The van der Waals surface area contributed by atoms with Gasteiger partial charge in [0.05, 0.1) is 5.56 Å². The molecule has 0 atom stereocenters. The zero-order valence-electron chi connectivity index (χ0n) is 9.57. The molecule has 0 amide bonds. The van der Waals surface area contributed by atoms with Gasteiger partial charge in [0.15, 0.2) is 0 Å². The number of benzene rings is 1. The Morgan fingerprint density at radius 2 is 1.94 bits per heavy atom. The van der Waals surface area contributed by atoms with Crippen molar-refractivity contribution in [2.75, 3.05) is 0 Å². The molecule has 0 bridgehead atoms. The van der Waals surface area contributed by atoms with Crippen LogP contribution in [0, 0.1) is 11.8 Å². The van der Waals surface area contributed by atoms with Gasteiger partial charge < -0.3 is 9.84 Å². The molecule has 0 aromatic heterocycles. The third-order valence-electron chi connectivity index (χ3n) is 1.60. The van der Waals surface area contributed by atoms with Crippen LogP contribution in [0.4, 0.5) is 0 Å². The van der Waals surface area contributed by atoms with Crippen molar-refractivity contribution >= 4 is 5.97 Å². The molecule has 3 heteroatoms. The van der Waals surface area contributed by atoms with Gasteiger partial charge in [-0.25, -0.2) is 4.79 Å². The number of para-hydroxylation sites is 1. The highest BCUT2D eigenvalue weighted by molar-refractivity contribution is 5.89. The van der Waals surface area contributed by atoms with Crippen LogP contribution < -0.4 is 0 Å². The summed E-state index contributed by atoms with van der Waals surface area (Å²) in [6.07, 6.45) is 0. The Morgan fingerprint density at radius 3 is 2.50 bits per heavy atom. The van der Waals surface area contributed by atoms with Gasteiger partial charge in [-0.2, -0.15) is 0 Å². The number of phenolic OH excluding ortho intramolecular Hbond substituents is 1. The van der Waals surface area contributed by atoms with E-state index in [-0.39, 0.29) is 5.75 Å². The summed E-state index contributed by atoms with van der Waals surface area (Å²) < 4.78 is 5.01. The lowest BCUT2D eigenvalue weighted by molar-refractivity contribution is -0.147. The molecule has 0 spiro atoms. The van der Waals surface area contributed by atoms with Crippen LogP contribution in [0.15, 0.2) is 24.3 Å². The Bertz CT molecular complexity index is 444. The van der Waals surface area contributed by atoms with Crippen LogP contribution >= 0.6 is 0 Å². The van der Waals surface area contributed by atoms with E-state index in [4.69, 9.17) is 4.74 Å². The van der Waals surface area contributed by atoms with Crippen molar-refractivity contribution in [1.29, 1.82) is 0 Å². The highest BCUT2D eigenvalue weighted by atomic mass is 16.6. The number of rotatable bonds is 0. The Hall–Kier alpha value is -1.95. The average molecular weight is 218 g/mol. The molecule has 84 valence electrons. The molecule has 0 saturated heterocycles. The van der Waals surface area contributed by atoms with Crippen LogP contribution in [0.5, 0.6) is 5.75 Å². The molecule has 1 N–H and O–H groups in total. The van der Waals surface area contributed by atoms with Crippen molar-refractivity contribution in [1.82, 2.24) is 0 Å². The predicted molar refractivity (Wildman–Crippen MR) is 60.8 cm³/mol. The van der Waals surface area contributed by atoms with Gasteiger partial charge >= 0.3 is 5.97 Å². The maximum atomic E-state index is 11.3. The number of carbonyl (C=O) groups excluding carboxylic acids is 1. The molecule has 3 nitrogen and oxygen atoms in total. The summed E-state index contributed by atoms with van der Waals surface area (Å²) >= 11 is 0. The summed E-state index contributed by atoms with van der Waals surface area (Å²) in [5, 5.41) is 9.40. The van der Waals surface area contributed by atoms with Crippen LogP contribution in [-0.2, 0) is 9.53 Å². The van der Waals surface area contributed by atoms with Crippen LogP contribution in [0.2, 0.25) is 0 Å². The van der Waals surface area contributed by atoms with Crippen molar-refractivity contribution in [3.63, 3.8) is 0 Å². The minimum absolute atomic E-state index is 0.0542. The summed E-state index contributed by atoms with van der Waals surface area (Å²) in [6, 6.07) is 6.57. The molecule has 0 saturated carbocycles. The second-order valence-corrected chi connectivity index (χ2v) is 4.27. The molecule has 0 unspecified atom stereocenters. The maximum absolute atomic E-state index is 11.3. The number of ether oxygens (including phenoxy) is 1. The molecular formula is C13H14O3. The van der Waals surface area contributed by atoms with Gasteiger partial charge in [-0.3, -0.25) is 0 Å². The molecule has 0 aliphatic carbocycles. The van der Waals surface area contributed by atoms with Gasteiger partial charge in [-0.05, 0) is 32.9 Å². The van der Waals surface area contributed by atoms with Crippen LogP contribution in [0.3, 0.4) is 0 Å². The standard InChI is InChI=1S/C13H14O3/c1-13(2,3)16-12(15)9-8-10-6-4-5-7-11(10)14/h4-7,14H,1-3H3. The van der Waals surface area contributed by atoms with E-state index in [9.17, 15) is 9.90 Å². The minimum Gasteiger partial charge on any atom is -0.507 e. The smallest absolute Gasteiger partial charge is 0.385 e. The second-order valence-electron chi connectivity index (χ2n) is 4.27. The van der Waals surface area contributed by atoms with Gasteiger partial charge in [-0.1, -0.05) is 18.1 Å². The van der Waals surface area contributed by atoms with E-state index >= 15 is 0 Å². The number of aromatic hydroxyl groups is 1. The Labute approximate surface area is 95.1 Å². The SMILES string of the molecule is CC(C)(C)OC(=O)C#Cc1ccccc1O. The minimum atomic E-state index is -0.601. The lowest BCUT2D eigenvalue weighted by Gasteiger charge is -2.16. The topological polar surface area (TPSA) is 46.5 Å². The molecule has 16 heavy (non-hydrogen) atoms. The first-order valence-corrected chi connectivity index (χ1v) is 4.91. The normalized spacial score (nSPS) is 10.2. The molecule has 1 aromatic carbocycles. The van der Waals surface area contributed by atoms with Gasteiger partial charge in [0.2, 0.25) is 0 Å². The summed E-state index contributed by atoms with van der Waals surface area (Å²) in [4.78, 5) is 11.3. The number of carbonyl (C=O) groups is 1. The number of hydrogen-bond donors (Lipinski definition) is 1. The fourth-order valence-corrected chi connectivity index (χ4v) is 1.00. The average Bonchev–Trinajstić information content (AvgIpc) is 2.14. The van der Waals surface area contributed by atoms with E-state index in [1.165, 1.54) is 6.07 Å². The van der Waals surface area contributed by atoms with E-state index in [1.807, 2.05) is 0 Å². The predicted octanol–water partition coefficient (Wildman–Crippen LogP) is 2.09. The first-order chi connectivity index (χ1) is 7.38. The third kappa shape index (κ3) is 4.05. The zero-order chi connectivity index (χ0) is 12.2. The summed E-state index contributed by atoms with van der Waals surface area (Å²) in [5.41, 5.74) is -0.141. The van der Waals surface area contributed by atoms with Gasteiger partial charge in [0.1, 0.15) is 11.4 Å². The summed E-state index contributed by atoms with van der Waals surface area (Å²) in [6.45, 7) is 5.31. The van der Waals surface area contributed by atoms with Crippen molar-refractivity contribution < 1.29 is 14.6 Å². The number of phenols is 1. The lowest BCUT2D eigenvalue weighted by atomic mass is 10.2. The number of esters is 1. The second kappa shape index (κ2) is 4.71. The molecule has 0 aliphatic rings. The van der Waals surface area contributed by atoms with Crippen molar-refractivity contribution in [2.45, 2.75) is 26.4 Å². The highest BCUT2D eigenvalue weighted by Gasteiger charge is 2.14. The first kappa shape index (κ1) is 12.1. The Morgan fingerprint density at radius 1 is 1.31 bits per heavy atom. The molecule has 0 radical (unpaired) electrons. The number of hydrogen-bond acceptors (Lipinski definition) is 3. The van der Waals surface area contributed by atoms with E-state index < -0.39 is 11.6 Å². The van der Waals surface area contributed by atoms with E-state index in [2.05, 4.69) is 11.8 Å². The fourth-order valence-electron chi connectivity index (χ4n) is 1.00. The maximum Gasteiger partial charge on any atom is 0.385 e. The van der Waals surface area contributed by atoms with Crippen LogP contribution in [-0.4, -0.2) is 16.7 Å². The van der Waals surface area contributed by atoms with E-state index in [0.717, 1.165) is 0 Å². The summed E-state index contributed by atoms with van der Waals surface area (Å²) in [7, 11) is 0. The monoisotopic (exact) mass is 218 g/mol. The van der Waals surface area contributed by atoms with Crippen molar-refractivity contribution in [3.05, 3.63) is 29.8 Å². The molecule has 1 aromatic rings. The van der Waals surface area contributed by atoms with Gasteiger partial charge in [-0.15, -0.1) is 0 Å². The van der Waals surface area contributed by atoms with E-state index in [0.29, 0.717) is 5.56 Å². The summed E-state index contributed by atoms with van der Waals surface area (Å²) in [5.74, 6) is 4.34. The van der Waals surface area contributed by atoms with E-state index in [1.54, 1.807) is 39.0 Å². The fraction of sp³-hybridized carbons (Fsp3) is 0.308. The lowest BCUT2D eigenvalue weighted by Crippen LogP contribution is -2.22.